The Kier molecular flexibility index (Phi) is 4.61. The highest BCUT2D eigenvalue weighted by Gasteiger charge is 2.30. The van der Waals surface area contributed by atoms with Crippen molar-refractivity contribution < 1.29 is 4.79 Å². The third kappa shape index (κ3) is 3.33. The van der Waals surface area contributed by atoms with Crippen LogP contribution in [0.25, 0.3) is 16.9 Å². The van der Waals surface area contributed by atoms with Crippen LogP contribution in [0.2, 0.25) is 0 Å². The number of hydrogen-bond donors (Lipinski definition) is 0. The highest BCUT2D eigenvalue weighted by atomic mass is 16.2. The van der Waals surface area contributed by atoms with Gasteiger partial charge in [0.2, 0.25) is 0 Å². The van der Waals surface area contributed by atoms with Gasteiger partial charge >= 0.3 is 0 Å². The van der Waals surface area contributed by atoms with E-state index in [1.807, 2.05) is 29.8 Å². The van der Waals surface area contributed by atoms with Crippen molar-refractivity contribution in [1.29, 1.82) is 0 Å². The third-order valence-electron chi connectivity index (χ3n) is 6.51. The minimum atomic E-state index is 0.217. The maximum absolute atomic E-state index is 13.2. The fraction of sp³-hybridized carbons (Fsp3) is 0.458. The molecule has 2 aliphatic rings. The van der Waals surface area contributed by atoms with Gasteiger partial charge in [0.1, 0.15) is 0 Å². The predicted molar refractivity (Wildman–Crippen MR) is 114 cm³/mol. The van der Waals surface area contributed by atoms with Crippen LogP contribution in [0.15, 0.2) is 30.5 Å². The van der Waals surface area contributed by atoms with Crippen LogP contribution in [-0.2, 0) is 6.42 Å². The Morgan fingerprint density at radius 1 is 1.03 bits per heavy atom. The maximum Gasteiger partial charge on any atom is 0.254 e. The summed E-state index contributed by atoms with van der Waals surface area (Å²) in [7, 11) is 0. The molecule has 150 valence electrons. The number of carbonyl (C=O) groups excluding carboxylic acids is 1. The molecule has 3 aromatic rings. The molecule has 3 heterocycles. The normalized spacial score (nSPS) is 18.1. The molecule has 0 saturated heterocycles. The fourth-order valence-corrected chi connectivity index (χ4v) is 4.97. The summed E-state index contributed by atoms with van der Waals surface area (Å²) in [5.41, 5.74) is 6.99. The molecule has 0 bridgehead atoms. The zero-order valence-corrected chi connectivity index (χ0v) is 17.3. The van der Waals surface area contributed by atoms with Crippen molar-refractivity contribution in [1.82, 2.24) is 19.5 Å². The first-order valence-electron chi connectivity index (χ1n) is 10.9. The van der Waals surface area contributed by atoms with Gasteiger partial charge in [-0.1, -0.05) is 31.7 Å². The maximum atomic E-state index is 13.2. The highest BCUT2D eigenvalue weighted by molar-refractivity contribution is 5.97. The number of imidazole rings is 1. The van der Waals surface area contributed by atoms with Crippen LogP contribution >= 0.6 is 0 Å². The topological polar surface area (TPSA) is 50.5 Å². The van der Waals surface area contributed by atoms with E-state index in [0.29, 0.717) is 6.04 Å². The Morgan fingerprint density at radius 2 is 1.83 bits per heavy atom. The first-order valence-corrected chi connectivity index (χ1v) is 10.9. The number of rotatable bonds is 2. The zero-order valence-electron chi connectivity index (χ0n) is 17.3. The average molecular weight is 389 g/mol. The van der Waals surface area contributed by atoms with Crippen LogP contribution < -0.4 is 0 Å². The van der Waals surface area contributed by atoms with Crippen molar-refractivity contribution in [2.24, 2.45) is 0 Å². The van der Waals surface area contributed by atoms with Gasteiger partial charge in [-0.3, -0.25) is 4.79 Å². The molecule has 0 spiro atoms. The van der Waals surface area contributed by atoms with E-state index in [0.717, 1.165) is 65.1 Å². The molecule has 0 unspecified atom stereocenters. The standard InChI is InChI=1S/C24H28N4O/c1-16-13-22(26-28-15-17(2)25-23(16)28)19-9-10-21-18(14-19)11-12-27(24(21)29)20-7-5-3-4-6-8-20/h9-10,13-15,20H,3-8,11-12H2,1-2H3. The van der Waals surface area contributed by atoms with Crippen molar-refractivity contribution in [3.8, 4) is 11.3 Å². The lowest BCUT2D eigenvalue weighted by molar-refractivity contribution is 0.0641. The Labute approximate surface area is 171 Å². The lowest BCUT2D eigenvalue weighted by atomic mass is 9.93. The van der Waals surface area contributed by atoms with Gasteiger partial charge in [0, 0.05) is 23.7 Å². The van der Waals surface area contributed by atoms with E-state index in [1.165, 1.54) is 25.7 Å². The summed E-state index contributed by atoms with van der Waals surface area (Å²) < 4.78 is 1.86. The smallest absolute Gasteiger partial charge is 0.254 e. The Balaban J connectivity index is 1.46. The molecular formula is C24H28N4O. The minimum Gasteiger partial charge on any atom is -0.335 e. The summed E-state index contributed by atoms with van der Waals surface area (Å²) in [6.07, 6.45) is 10.3. The van der Waals surface area contributed by atoms with E-state index < -0.39 is 0 Å². The van der Waals surface area contributed by atoms with Gasteiger partial charge in [-0.25, -0.2) is 9.50 Å². The summed E-state index contributed by atoms with van der Waals surface area (Å²) in [5, 5.41) is 4.75. The number of carbonyl (C=O) groups is 1. The van der Waals surface area contributed by atoms with Crippen LogP contribution in [0.3, 0.4) is 0 Å². The van der Waals surface area contributed by atoms with Crippen molar-refractivity contribution >= 4 is 11.6 Å². The van der Waals surface area contributed by atoms with Gasteiger partial charge in [-0.2, -0.15) is 5.10 Å². The molecule has 1 aliphatic heterocycles. The Morgan fingerprint density at radius 3 is 2.62 bits per heavy atom. The van der Waals surface area contributed by atoms with Crippen molar-refractivity contribution in [3.63, 3.8) is 0 Å². The van der Waals surface area contributed by atoms with Crippen LogP contribution in [0.4, 0.5) is 0 Å². The summed E-state index contributed by atoms with van der Waals surface area (Å²) in [5.74, 6) is 0.217. The highest BCUT2D eigenvalue weighted by Crippen LogP contribution is 2.30. The Bertz CT molecular complexity index is 1080. The monoisotopic (exact) mass is 388 g/mol. The lowest BCUT2D eigenvalue weighted by Crippen LogP contribution is -2.44. The van der Waals surface area contributed by atoms with Crippen molar-refractivity contribution in [2.75, 3.05) is 6.54 Å². The summed E-state index contributed by atoms with van der Waals surface area (Å²) in [4.78, 5) is 19.9. The molecule has 5 rings (SSSR count). The molecule has 5 nitrogen and oxygen atoms in total. The molecule has 1 amide bonds. The van der Waals surface area contributed by atoms with Gasteiger partial charge in [-0.05, 0) is 62.4 Å². The van der Waals surface area contributed by atoms with Crippen LogP contribution in [0, 0.1) is 13.8 Å². The van der Waals surface area contributed by atoms with Crippen molar-refractivity contribution in [2.45, 2.75) is 64.8 Å². The van der Waals surface area contributed by atoms with E-state index in [2.05, 4.69) is 28.9 Å². The number of fused-ring (bicyclic) bond motifs is 2. The van der Waals surface area contributed by atoms with E-state index in [-0.39, 0.29) is 5.91 Å². The molecule has 1 fully saturated rings. The lowest BCUT2D eigenvalue weighted by Gasteiger charge is -2.35. The van der Waals surface area contributed by atoms with Gasteiger partial charge < -0.3 is 4.90 Å². The second-order valence-corrected chi connectivity index (χ2v) is 8.63. The van der Waals surface area contributed by atoms with Gasteiger partial charge in [0.05, 0.1) is 17.6 Å². The Hall–Kier alpha value is -2.69. The average Bonchev–Trinajstić information content (AvgIpc) is 2.91. The molecule has 0 N–H and O–H groups in total. The number of benzene rings is 1. The summed E-state index contributed by atoms with van der Waals surface area (Å²) >= 11 is 0. The molecule has 0 atom stereocenters. The number of aryl methyl sites for hydroxylation is 2. The van der Waals surface area contributed by atoms with E-state index >= 15 is 0 Å². The largest absolute Gasteiger partial charge is 0.335 e. The SMILES string of the molecule is Cc1cn2nc(-c3ccc4c(c3)CCN(C3CCCCCC3)C4=O)cc(C)c2n1. The molecule has 0 radical (unpaired) electrons. The summed E-state index contributed by atoms with van der Waals surface area (Å²) in [6.45, 7) is 4.89. The van der Waals surface area contributed by atoms with E-state index in [4.69, 9.17) is 5.10 Å². The van der Waals surface area contributed by atoms with Crippen molar-refractivity contribution in [3.05, 3.63) is 52.8 Å². The van der Waals surface area contributed by atoms with E-state index in [9.17, 15) is 4.79 Å². The number of hydrogen-bond acceptors (Lipinski definition) is 3. The molecule has 5 heteroatoms. The van der Waals surface area contributed by atoms with Gasteiger partial charge in [0.15, 0.2) is 5.65 Å². The molecule has 1 aliphatic carbocycles. The second kappa shape index (κ2) is 7.29. The van der Waals surface area contributed by atoms with Crippen LogP contribution in [0.5, 0.6) is 0 Å². The van der Waals surface area contributed by atoms with E-state index in [1.54, 1.807) is 0 Å². The minimum absolute atomic E-state index is 0.217. The van der Waals surface area contributed by atoms with Crippen LogP contribution in [-0.4, -0.2) is 38.0 Å². The second-order valence-electron chi connectivity index (χ2n) is 8.63. The first-order chi connectivity index (χ1) is 14.1. The molecule has 29 heavy (non-hydrogen) atoms. The van der Waals surface area contributed by atoms with Gasteiger partial charge in [-0.15, -0.1) is 0 Å². The first kappa shape index (κ1) is 18.3. The van der Waals surface area contributed by atoms with Crippen LogP contribution in [0.1, 0.15) is 65.7 Å². The predicted octanol–water partition coefficient (Wildman–Crippen LogP) is 4.73. The molecular weight excluding hydrogens is 360 g/mol. The quantitative estimate of drug-likeness (QED) is 0.596. The molecule has 2 aromatic heterocycles. The molecule has 1 saturated carbocycles. The van der Waals surface area contributed by atoms with Gasteiger partial charge in [0.25, 0.3) is 5.91 Å². The number of amides is 1. The summed E-state index contributed by atoms with van der Waals surface area (Å²) in [6, 6.07) is 8.73. The number of nitrogens with zero attached hydrogens (tertiary/aromatic N) is 4. The number of aromatic nitrogens is 3. The zero-order chi connectivity index (χ0) is 20.0. The fourth-order valence-electron chi connectivity index (χ4n) is 4.97. The molecule has 1 aromatic carbocycles. The third-order valence-corrected chi connectivity index (χ3v) is 6.51.